The quantitative estimate of drug-likeness (QED) is 0.697. The number of likely N-dealkylation sites (N-methyl/N-ethyl adjacent to an activating group) is 1. The first-order valence-corrected chi connectivity index (χ1v) is 10.7. The van der Waals surface area contributed by atoms with Gasteiger partial charge in [0.2, 0.25) is 5.89 Å². The first kappa shape index (κ1) is 20.1. The summed E-state index contributed by atoms with van der Waals surface area (Å²) in [5.74, 6) is -0.657. The molecule has 0 saturated carbocycles. The number of sulfone groups is 1. The number of nitrogens with zero attached hydrogens (tertiary/aromatic N) is 2. The number of hydrogen-bond acceptors (Lipinski definition) is 7. The van der Waals surface area contributed by atoms with Crippen LogP contribution in [0.1, 0.15) is 29.6 Å². The predicted octanol–water partition coefficient (Wildman–Crippen LogP) is 1.84. The Bertz CT molecular complexity index is 983. The van der Waals surface area contributed by atoms with E-state index in [4.69, 9.17) is 9.15 Å². The van der Waals surface area contributed by atoms with E-state index in [0.717, 1.165) is 5.56 Å². The van der Waals surface area contributed by atoms with Gasteiger partial charge in [-0.2, -0.15) is 0 Å². The second-order valence-corrected chi connectivity index (χ2v) is 9.07. The van der Waals surface area contributed by atoms with Crippen molar-refractivity contribution in [3.63, 3.8) is 0 Å². The van der Waals surface area contributed by atoms with Gasteiger partial charge in [0, 0.05) is 18.7 Å². The molecule has 9 heteroatoms. The molecule has 1 aliphatic heterocycles. The number of carbonyl (C=O) groups is 2. The maximum atomic E-state index is 12.5. The number of benzene rings is 1. The van der Waals surface area contributed by atoms with Crippen molar-refractivity contribution in [2.45, 2.75) is 32.4 Å². The second-order valence-electron chi connectivity index (χ2n) is 6.84. The smallest absolute Gasteiger partial charge is 0.361 e. The summed E-state index contributed by atoms with van der Waals surface area (Å²) in [5.41, 5.74) is 0.723. The average Bonchev–Trinajstić information content (AvgIpc) is 3.23. The van der Waals surface area contributed by atoms with Gasteiger partial charge in [-0.1, -0.05) is 18.2 Å². The van der Waals surface area contributed by atoms with Crippen LogP contribution in [0.4, 0.5) is 0 Å². The summed E-state index contributed by atoms with van der Waals surface area (Å²) in [7, 11) is -1.60. The van der Waals surface area contributed by atoms with Crippen LogP contribution < -0.4 is 0 Å². The van der Waals surface area contributed by atoms with E-state index in [1.165, 1.54) is 18.9 Å². The fraction of sp³-hybridized carbons (Fsp3) is 0.421. The number of esters is 1. The lowest BCUT2D eigenvalue weighted by molar-refractivity contribution is -0.140. The topological polar surface area (TPSA) is 107 Å². The van der Waals surface area contributed by atoms with Gasteiger partial charge in [-0.25, -0.2) is 18.2 Å². The number of amides is 1. The zero-order chi connectivity index (χ0) is 20.5. The zero-order valence-electron chi connectivity index (χ0n) is 15.9. The summed E-state index contributed by atoms with van der Waals surface area (Å²) in [6.45, 7) is 3.05. The van der Waals surface area contributed by atoms with Crippen LogP contribution >= 0.6 is 0 Å². The van der Waals surface area contributed by atoms with Gasteiger partial charge in [0.25, 0.3) is 5.91 Å². The summed E-state index contributed by atoms with van der Waals surface area (Å²) in [4.78, 5) is 30.5. The maximum absolute atomic E-state index is 12.5. The van der Waals surface area contributed by atoms with E-state index in [1.807, 2.05) is 18.2 Å². The largest absolute Gasteiger partial charge is 0.448 e. The fourth-order valence-electron chi connectivity index (χ4n) is 3.10. The van der Waals surface area contributed by atoms with Gasteiger partial charge in [0.1, 0.15) is 5.76 Å². The molecular weight excluding hydrogens is 384 g/mol. The van der Waals surface area contributed by atoms with Crippen molar-refractivity contribution in [2.24, 2.45) is 0 Å². The van der Waals surface area contributed by atoms with Crippen molar-refractivity contribution in [2.75, 3.05) is 18.6 Å². The van der Waals surface area contributed by atoms with Gasteiger partial charge in [-0.3, -0.25) is 4.79 Å². The van der Waals surface area contributed by atoms with Crippen molar-refractivity contribution in [3.8, 4) is 11.5 Å². The third-order valence-corrected chi connectivity index (χ3v) is 6.50. The molecule has 1 aromatic carbocycles. The van der Waals surface area contributed by atoms with E-state index in [2.05, 4.69) is 4.98 Å². The molecule has 0 aliphatic carbocycles. The third-order valence-electron chi connectivity index (χ3n) is 4.75. The van der Waals surface area contributed by atoms with E-state index in [9.17, 15) is 18.0 Å². The minimum atomic E-state index is -3.12. The molecule has 0 N–H and O–H groups in total. The Morgan fingerprint density at radius 2 is 1.96 bits per heavy atom. The zero-order valence-corrected chi connectivity index (χ0v) is 16.7. The van der Waals surface area contributed by atoms with E-state index >= 15 is 0 Å². The molecule has 2 aromatic rings. The molecule has 2 heterocycles. The number of hydrogen-bond donors (Lipinski definition) is 0. The molecule has 8 nitrogen and oxygen atoms in total. The lowest BCUT2D eigenvalue weighted by Gasteiger charge is -2.26. The van der Waals surface area contributed by atoms with Crippen LogP contribution in [0.5, 0.6) is 0 Å². The van der Waals surface area contributed by atoms with Crippen LogP contribution in [0, 0.1) is 6.92 Å². The standard InChI is InChI=1S/C19H22N2O6S/c1-12-16(20-17(26-12)14-7-5-4-6-8-14)19(23)27-13(2)18(22)21(3)15-9-10-28(24,25)11-15/h4-8,13,15H,9-11H2,1-3H3/t13-,15-/m1/s1. The van der Waals surface area contributed by atoms with Crippen LogP contribution in [-0.2, 0) is 19.4 Å². The Morgan fingerprint density at radius 1 is 1.29 bits per heavy atom. The predicted molar refractivity (Wildman–Crippen MR) is 101 cm³/mol. The normalized spacial score (nSPS) is 19.2. The number of ether oxygens (including phenoxy) is 1. The van der Waals surface area contributed by atoms with Crippen molar-refractivity contribution in [1.82, 2.24) is 9.88 Å². The highest BCUT2D eigenvalue weighted by Crippen LogP contribution is 2.23. The Morgan fingerprint density at radius 3 is 2.57 bits per heavy atom. The van der Waals surface area contributed by atoms with E-state index in [0.29, 0.717) is 12.2 Å². The van der Waals surface area contributed by atoms with Crippen LogP contribution in [0.2, 0.25) is 0 Å². The van der Waals surface area contributed by atoms with Crippen molar-refractivity contribution in [3.05, 3.63) is 41.8 Å². The number of aryl methyl sites for hydroxylation is 1. The lowest BCUT2D eigenvalue weighted by Crippen LogP contribution is -2.44. The van der Waals surface area contributed by atoms with Crippen LogP contribution in [0.25, 0.3) is 11.5 Å². The molecule has 0 unspecified atom stereocenters. The molecule has 3 rings (SSSR count). The summed E-state index contributed by atoms with van der Waals surface area (Å²) in [6, 6.07) is 8.71. The number of aromatic nitrogens is 1. The van der Waals surface area contributed by atoms with E-state index in [1.54, 1.807) is 19.1 Å². The SMILES string of the molecule is Cc1oc(-c2ccccc2)nc1C(=O)O[C@H](C)C(=O)N(C)[C@@H]1CCS(=O)(=O)C1. The molecule has 1 fully saturated rings. The van der Waals surface area contributed by atoms with Gasteiger partial charge in [0.15, 0.2) is 21.6 Å². The van der Waals surface area contributed by atoms with Crippen LogP contribution in [-0.4, -0.2) is 60.9 Å². The molecule has 1 aromatic heterocycles. The van der Waals surface area contributed by atoms with Crippen molar-refractivity contribution < 1.29 is 27.2 Å². The summed E-state index contributed by atoms with van der Waals surface area (Å²) < 4.78 is 34.0. The van der Waals surface area contributed by atoms with Gasteiger partial charge in [-0.15, -0.1) is 0 Å². The number of carbonyl (C=O) groups excluding carboxylic acids is 2. The Labute approximate surface area is 163 Å². The highest BCUT2D eigenvalue weighted by Gasteiger charge is 2.35. The van der Waals surface area contributed by atoms with E-state index < -0.39 is 33.9 Å². The van der Waals surface area contributed by atoms with Gasteiger partial charge >= 0.3 is 5.97 Å². The Kier molecular flexibility index (Phi) is 5.55. The Balaban J connectivity index is 1.67. The summed E-state index contributed by atoms with van der Waals surface area (Å²) in [6.07, 6.45) is -0.689. The molecule has 0 bridgehead atoms. The molecule has 28 heavy (non-hydrogen) atoms. The Hall–Kier alpha value is -2.68. The number of oxazole rings is 1. The molecule has 2 atom stereocenters. The third kappa shape index (κ3) is 4.24. The van der Waals surface area contributed by atoms with Gasteiger partial charge in [-0.05, 0) is 32.4 Å². The van der Waals surface area contributed by atoms with Crippen molar-refractivity contribution >= 4 is 21.7 Å². The fourth-order valence-corrected chi connectivity index (χ4v) is 4.88. The molecule has 1 amide bonds. The highest BCUT2D eigenvalue weighted by atomic mass is 32.2. The first-order chi connectivity index (χ1) is 13.2. The minimum absolute atomic E-state index is 0.00426. The molecule has 0 radical (unpaired) electrons. The van der Waals surface area contributed by atoms with Crippen LogP contribution in [0.15, 0.2) is 34.7 Å². The maximum Gasteiger partial charge on any atom is 0.361 e. The molecular formula is C19H22N2O6S. The first-order valence-electron chi connectivity index (χ1n) is 8.89. The van der Waals surface area contributed by atoms with Crippen molar-refractivity contribution in [1.29, 1.82) is 0 Å². The highest BCUT2D eigenvalue weighted by molar-refractivity contribution is 7.91. The minimum Gasteiger partial charge on any atom is -0.448 e. The lowest BCUT2D eigenvalue weighted by atomic mass is 10.2. The van der Waals surface area contributed by atoms with Gasteiger partial charge < -0.3 is 14.1 Å². The van der Waals surface area contributed by atoms with Crippen LogP contribution in [0.3, 0.4) is 0 Å². The number of rotatable bonds is 5. The average molecular weight is 406 g/mol. The summed E-state index contributed by atoms with van der Waals surface area (Å²) >= 11 is 0. The molecule has 0 spiro atoms. The molecule has 1 saturated heterocycles. The molecule has 150 valence electrons. The van der Waals surface area contributed by atoms with E-state index in [-0.39, 0.29) is 23.1 Å². The second kappa shape index (κ2) is 7.75. The monoisotopic (exact) mass is 406 g/mol. The summed E-state index contributed by atoms with van der Waals surface area (Å²) in [5, 5.41) is 0. The molecule has 1 aliphatic rings. The van der Waals surface area contributed by atoms with Gasteiger partial charge in [0.05, 0.1) is 11.5 Å².